The van der Waals surface area contributed by atoms with Gasteiger partial charge >= 0.3 is 6.09 Å². The Morgan fingerprint density at radius 3 is 2.73 bits per heavy atom. The van der Waals surface area contributed by atoms with Crippen molar-refractivity contribution in [2.75, 3.05) is 19.6 Å². The normalized spacial score (nSPS) is 19.6. The highest BCUT2D eigenvalue weighted by molar-refractivity contribution is 6.30. The van der Waals surface area contributed by atoms with Crippen molar-refractivity contribution in [3.05, 3.63) is 46.7 Å². The Morgan fingerprint density at radius 2 is 2.00 bits per heavy atom. The molecule has 2 aliphatic heterocycles. The third kappa shape index (κ3) is 4.93. The van der Waals surface area contributed by atoms with Crippen molar-refractivity contribution in [1.29, 1.82) is 0 Å². The average Bonchev–Trinajstić information content (AvgIpc) is 3.15. The minimum absolute atomic E-state index is 0.196. The van der Waals surface area contributed by atoms with E-state index in [0.717, 1.165) is 62.5 Å². The lowest BCUT2D eigenvalue weighted by Crippen LogP contribution is -2.46. The molecular formula is C23H29ClN4O2. The van der Waals surface area contributed by atoms with Crippen LogP contribution in [0.25, 0.3) is 11.4 Å². The second kappa shape index (κ2) is 8.52. The lowest BCUT2D eigenvalue weighted by atomic mass is 10.1. The zero-order chi connectivity index (χ0) is 21.3. The first-order valence-corrected chi connectivity index (χ1v) is 11.0. The van der Waals surface area contributed by atoms with Gasteiger partial charge in [-0.1, -0.05) is 11.6 Å². The summed E-state index contributed by atoms with van der Waals surface area (Å²) in [7, 11) is 0. The van der Waals surface area contributed by atoms with Crippen LogP contribution in [0.1, 0.15) is 44.9 Å². The van der Waals surface area contributed by atoms with Crippen LogP contribution in [0.15, 0.2) is 30.5 Å². The van der Waals surface area contributed by atoms with Gasteiger partial charge in [-0.3, -0.25) is 4.90 Å². The number of ether oxygens (including phenoxy) is 1. The molecule has 2 aliphatic rings. The third-order valence-electron chi connectivity index (χ3n) is 5.59. The fourth-order valence-corrected chi connectivity index (χ4v) is 4.28. The Kier molecular flexibility index (Phi) is 5.98. The van der Waals surface area contributed by atoms with Crippen molar-refractivity contribution >= 4 is 17.7 Å². The summed E-state index contributed by atoms with van der Waals surface area (Å²) in [5.74, 6) is 0.741. The maximum atomic E-state index is 12.6. The van der Waals surface area contributed by atoms with E-state index >= 15 is 0 Å². The van der Waals surface area contributed by atoms with Gasteiger partial charge in [0.2, 0.25) is 0 Å². The Labute approximate surface area is 183 Å². The predicted octanol–water partition coefficient (Wildman–Crippen LogP) is 4.55. The third-order valence-corrected chi connectivity index (χ3v) is 5.84. The lowest BCUT2D eigenvalue weighted by molar-refractivity contribution is 0.0192. The van der Waals surface area contributed by atoms with Crippen molar-refractivity contribution in [2.45, 2.75) is 58.2 Å². The monoisotopic (exact) mass is 428 g/mol. The topological polar surface area (TPSA) is 58.6 Å². The van der Waals surface area contributed by atoms with E-state index in [1.807, 2.05) is 56.1 Å². The molecule has 1 fully saturated rings. The zero-order valence-corrected chi connectivity index (χ0v) is 18.7. The number of aromatic nitrogens is 2. The van der Waals surface area contributed by atoms with Gasteiger partial charge in [0.05, 0.1) is 5.69 Å². The Hall–Kier alpha value is -2.18. The van der Waals surface area contributed by atoms with Gasteiger partial charge in [0.1, 0.15) is 5.60 Å². The molecule has 0 bridgehead atoms. The number of rotatable bonds is 3. The minimum Gasteiger partial charge on any atom is -0.444 e. The summed E-state index contributed by atoms with van der Waals surface area (Å²) >= 11 is 5.98. The number of hydrogen-bond acceptors (Lipinski definition) is 5. The van der Waals surface area contributed by atoms with E-state index < -0.39 is 5.60 Å². The average molecular weight is 429 g/mol. The van der Waals surface area contributed by atoms with E-state index in [4.69, 9.17) is 21.3 Å². The predicted molar refractivity (Wildman–Crippen MR) is 117 cm³/mol. The highest BCUT2D eigenvalue weighted by atomic mass is 35.5. The molecule has 30 heavy (non-hydrogen) atoms. The summed E-state index contributed by atoms with van der Waals surface area (Å²) in [6.07, 6.45) is 4.69. The highest BCUT2D eigenvalue weighted by Gasteiger charge is 2.34. The molecule has 4 rings (SSSR count). The van der Waals surface area contributed by atoms with Crippen LogP contribution in [0, 0.1) is 0 Å². The van der Waals surface area contributed by atoms with Gasteiger partial charge in [-0.2, -0.15) is 0 Å². The van der Waals surface area contributed by atoms with Gasteiger partial charge in [-0.05, 0) is 57.9 Å². The quantitative estimate of drug-likeness (QED) is 0.717. The fourth-order valence-electron chi connectivity index (χ4n) is 4.15. The van der Waals surface area contributed by atoms with Gasteiger partial charge in [0.15, 0.2) is 5.82 Å². The largest absolute Gasteiger partial charge is 0.444 e. The smallest absolute Gasteiger partial charge is 0.410 e. The van der Waals surface area contributed by atoms with Crippen LogP contribution < -0.4 is 0 Å². The van der Waals surface area contributed by atoms with Crippen LogP contribution in [-0.4, -0.2) is 57.1 Å². The number of carbonyl (C=O) groups excluding carboxylic acids is 1. The summed E-state index contributed by atoms with van der Waals surface area (Å²) in [4.78, 5) is 26.2. The van der Waals surface area contributed by atoms with Crippen molar-refractivity contribution in [2.24, 2.45) is 0 Å². The molecule has 0 saturated carbocycles. The fraction of sp³-hybridized carbons (Fsp3) is 0.522. The van der Waals surface area contributed by atoms with Crippen LogP contribution in [0.3, 0.4) is 0 Å². The van der Waals surface area contributed by atoms with E-state index in [2.05, 4.69) is 9.88 Å². The molecule has 0 aliphatic carbocycles. The number of amides is 1. The first-order valence-electron chi connectivity index (χ1n) is 10.6. The van der Waals surface area contributed by atoms with Crippen molar-refractivity contribution < 1.29 is 9.53 Å². The maximum absolute atomic E-state index is 12.6. The molecule has 7 heteroatoms. The van der Waals surface area contributed by atoms with Crippen LogP contribution in [-0.2, 0) is 17.7 Å². The Morgan fingerprint density at radius 1 is 1.23 bits per heavy atom. The summed E-state index contributed by atoms with van der Waals surface area (Å²) in [6.45, 7) is 9.12. The van der Waals surface area contributed by atoms with E-state index in [1.165, 1.54) is 5.56 Å². The van der Waals surface area contributed by atoms with E-state index in [1.54, 1.807) is 0 Å². The minimum atomic E-state index is -0.465. The van der Waals surface area contributed by atoms with E-state index in [0.29, 0.717) is 5.02 Å². The summed E-state index contributed by atoms with van der Waals surface area (Å²) in [6, 6.07) is 7.82. The first-order chi connectivity index (χ1) is 14.3. The number of likely N-dealkylation sites (tertiary alicyclic amines) is 1. The van der Waals surface area contributed by atoms with Crippen LogP contribution in [0.4, 0.5) is 4.79 Å². The maximum Gasteiger partial charge on any atom is 0.410 e. The van der Waals surface area contributed by atoms with Gasteiger partial charge in [-0.15, -0.1) is 0 Å². The standard InChI is InChI=1S/C23H29ClN4O2/c1-23(2,3)30-22(29)28-11-4-5-19(28)15-27-12-10-20-17(14-27)13-25-21(26-20)16-6-8-18(24)9-7-16/h6-9,13,19H,4-5,10-12,14-15H2,1-3H3. The molecule has 3 heterocycles. The number of hydrogen-bond donors (Lipinski definition) is 0. The molecule has 0 radical (unpaired) electrons. The SMILES string of the molecule is CC(C)(C)OC(=O)N1CCCC1CN1CCc2nc(-c3ccc(Cl)cc3)ncc2C1. The second-order valence-corrected chi connectivity index (χ2v) is 9.56. The molecule has 2 aromatic rings. The molecule has 0 N–H and O–H groups in total. The van der Waals surface area contributed by atoms with E-state index in [9.17, 15) is 4.79 Å². The molecule has 1 atom stereocenters. The van der Waals surface area contributed by atoms with Gasteiger partial charge in [0.25, 0.3) is 0 Å². The van der Waals surface area contributed by atoms with Crippen molar-refractivity contribution in [1.82, 2.24) is 19.8 Å². The van der Waals surface area contributed by atoms with Crippen LogP contribution in [0.5, 0.6) is 0 Å². The summed E-state index contributed by atoms with van der Waals surface area (Å²) < 4.78 is 5.60. The number of carbonyl (C=O) groups is 1. The number of fused-ring (bicyclic) bond motifs is 1. The van der Waals surface area contributed by atoms with Crippen LogP contribution >= 0.6 is 11.6 Å². The molecule has 1 aromatic heterocycles. The van der Waals surface area contributed by atoms with Gasteiger partial charge < -0.3 is 9.64 Å². The molecule has 1 aromatic carbocycles. The first kappa shape index (κ1) is 21.1. The molecular weight excluding hydrogens is 400 g/mol. The van der Waals surface area contributed by atoms with Gasteiger partial charge in [-0.25, -0.2) is 14.8 Å². The second-order valence-electron chi connectivity index (χ2n) is 9.13. The van der Waals surface area contributed by atoms with Crippen molar-refractivity contribution in [3.8, 4) is 11.4 Å². The molecule has 6 nitrogen and oxygen atoms in total. The summed E-state index contributed by atoms with van der Waals surface area (Å²) in [5, 5.41) is 0.708. The Balaban J connectivity index is 1.41. The number of benzene rings is 1. The number of halogens is 1. The summed E-state index contributed by atoms with van der Waals surface area (Å²) in [5.41, 5.74) is 2.79. The van der Waals surface area contributed by atoms with E-state index in [-0.39, 0.29) is 12.1 Å². The van der Waals surface area contributed by atoms with Crippen molar-refractivity contribution in [3.63, 3.8) is 0 Å². The highest BCUT2D eigenvalue weighted by Crippen LogP contribution is 2.25. The zero-order valence-electron chi connectivity index (χ0n) is 17.9. The molecule has 160 valence electrons. The van der Waals surface area contributed by atoms with Crippen LogP contribution in [0.2, 0.25) is 5.02 Å². The molecule has 1 saturated heterocycles. The number of nitrogens with zero attached hydrogens (tertiary/aromatic N) is 4. The molecule has 1 unspecified atom stereocenters. The Bertz CT molecular complexity index is 910. The lowest BCUT2D eigenvalue weighted by Gasteiger charge is -2.34. The molecule has 0 spiro atoms. The molecule has 1 amide bonds. The van der Waals surface area contributed by atoms with Gasteiger partial charge in [0, 0.05) is 61.0 Å².